The minimum absolute atomic E-state index is 0.0366. The van der Waals surface area contributed by atoms with Crippen LogP contribution in [-0.2, 0) is 30.8 Å². The normalized spacial score (nSPS) is 15.9. The van der Waals surface area contributed by atoms with Crippen LogP contribution in [0.15, 0.2) is 59.2 Å². The molecule has 1 aromatic heterocycles. The van der Waals surface area contributed by atoms with Crippen molar-refractivity contribution in [2.24, 2.45) is 0 Å². The number of aromatic hydroxyl groups is 1. The predicted molar refractivity (Wildman–Crippen MR) is 115 cm³/mol. The fraction of sp³-hybridized carbons (Fsp3) is 0.292. The van der Waals surface area contributed by atoms with Gasteiger partial charge in [-0.2, -0.15) is 0 Å². The van der Waals surface area contributed by atoms with Crippen molar-refractivity contribution in [2.45, 2.75) is 32.1 Å². The lowest BCUT2D eigenvalue weighted by atomic mass is 9.93. The number of phenols is 1. The van der Waals surface area contributed by atoms with Gasteiger partial charge in [-0.25, -0.2) is 0 Å². The molecule has 0 spiro atoms. The molecule has 2 aromatic carbocycles. The van der Waals surface area contributed by atoms with E-state index in [9.17, 15) is 9.90 Å². The van der Waals surface area contributed by atoms with Gasteiger partial charge in [0.05, 0.1) is 33.1 Å². The topological polar surface area (TPSA) is 84.2 Å². The lowest BCUT2D eigenvalue weighted by Gasteiger charge is -2.36. The quantitative estimate of drug-likeness (QED) is 0.608. The molecule has 31 heavy (non-hydrogen) atoms. The van der Waals surface area contributed by atoms with Gasteiger partial charge in [0.2, 0.25) is 11.7 Å². The lowest BCUT2D eigenvalue weighted by molar-refractivity contribution is -0.127. The number of hydrogen-bond donors (Lipinski definition) is 2. The number of methoxy groups -OCH3 is 2. The number of hydrogen-bond acceptors (Lipinski definition) is 6. The van der Waals surface area contributed by atoms with E-state index in [-0.39, 0.29) is 17.7 Å². The molecule has 0 radical (unpaired) electrons. The number of nitrogens with one attached hydrogen (secondary N) is 1. The van der Waals surface area contributed by atoms with Gasteiger partial charge in [-0.1, -0.05) is 24.3 Å². The number of fused-ring (bicyclic) bond motifs is 1. The lowest BCUT2D eigenvalue weighted by Crippen LogP contribution is -2.49. The average molecular weight is 422 g/mol. The second-order valence-corrected chi connectivity index (χ2v) is 7.54. The highest BCUT2D eigenvalue weighted by Crippen LogP contribution is 2.38. The summed E-state index contributed by atoms with van der Waals surface area (Å²) in [5.74, 6) is 1.30. The first-order chi connectivity index (χ1) is 15.1. The number of carbonyl (C=O) groups excluding carboxylic acids is 1. The molecule has 0 saturated heterocycles. The Labute approximate surface area is 181 Å². The van der Waals surface area contributed by atoms with Gasteiger partial charge in [-0.3, -0.25) is 9.69 Å². The Morgan fingerprint density at radius 3 is 2.48 bits per heavy atom. The first-order valence-corrected chi connectivity index (χ1v) is 10.1. The fourth-order valence-electron chi connectivity index (χ4n) is 3.98. The van der Waals surface area contributed by atoms with Crippen molar-refractivity contribution in [3.05, 3.63) is 77.2 Å². The maximum atomic E-state index is 13.1. The molecule has 0 aliphatic carbocycles. The minimum atomic E-state index is -0.337. The van der Waals surface area contributed by atoms with E-state index in [1.165, 1.54) is 25.3 Å². The molecule has 1 atom stereocenters. The summed E-state index contributed by atoms with van der Waals surface area (Å²) >= 11 is 0. The Hall–Kier alpha value is -3.45. The van der Waals surface area contributed by atoms with Crippen LogP contribution in [0, 0.1) is 0 Å². The average Bonchev–Trinajstić information content (AvgIpc) is 3.31. The zero-order chi connectivity index (χ0) is 21.8. The van der Waals surface area contributed by atoms with Crippen molar-refractivity contribution in [3.63, 3.8) is 0 Å². The van der Waals surface area contributed by atoms with Crippen molar-refractivity contribution in [2.75, 3.05) is 14.2 Å². The molecule has 162 valence electrons. The summed E-state index contributed by atoms with van der Waals surface area (Å²) in [4.78, 5) is 15.3. The number of furan rings is 1. The Kier molecular flexibility index (Phi) is 6.13. The van der Waals surface area contributed by atoms with Gasteiger partial charge in [-0.15, -0.1) is 0 Å². The second kappa shape index (κ2) is 9.14. The van der Waals surface area contributed by atoms with Crippen LogP contribution < -0.4 is 14.8 Å². The molecular formula is C24H26N2O5. The Balaban J connectivity index is 1.59. The third-order valence-electron chi connectivity index (χ3n) is 5.59. The summed E-state index contributed by atoms with van der Waals surface area (Å²) in [5.41, 5.74) is 3.27. The van der Waals surface area contributed by atoms with Crippen molar-refractivity contribution in [1.82, 2.24) is 10.2 Å². The van der Waals surface area contributed by atoms with Gasteiger partial charge >= 0.3 is 0 Å². The van der Waals surface area contributed by atoms with Gasteiger partial charge in [-0.05, 0) is 47.4 Å². The first kappa shape index (κ1) is 20.8. The molecule has 1 amide bonds. The van der Waals surface area contributed by atoms with Crippen LogP contribution in [0.2, 0.25) is 0 Å². The van der Waals surface area contributed by atoms with Crippen LogP contribution in [0.4, 0.5) is 0 Å². The van der Waals surface area contributed by atoms with Crippen molar-refractivity contribution >= 4 is 5.91 Å². The van der Waals surface area contributed by atoms with Crippen molar-refractivity contribution in [3.8, 4) is 17.2 Å². The highest BCUT2D eigenvalue weighted by molar-refractivity contribution is 5.82. The van der Waals surface area contributed by atoms with Gasteiger partial charge in [0.1, 0.15) is 5.76 Å². The third kappa shape index (κ3) is 4.51. The monoisotopic (exact) mass is 422 g/mol. The van der Waals surface area contributed by atoms with E-state index >= 15 is 0 Å². The maximum absolute atomic E-state index is 13.1. The third-order valence-corrected chi connectivity index (χ3v) is 5.59. The summed E-state index contributed by atoms with van der Waals surface area (Å²) in [6, 6.07) is 15.0. The molecule has 0 bridgehead atoms. The van der Waals surface area contributed by atoms with E-state index in [2.05, 4.69) is 22.3 Å². The van der Waals surface area contributed by atoms with Gasteiger partial charge in [0, 0.05) is 13.1 Å². The number of rotatable bonds is 7. The molecule has 0 fully saturated rings. The van der Waals surface area contributed by atoms with E-state index in [0.29, 0.717) is 43.3 Å². The summed E-state index contributed by atoms with van der Waals surface area (Å²) in [7, 11) is 3.00. The molecule has 7 heteroatoms. The summed E-state index contributed by atoms with van der Waals surface area (Å²) < 4.78 is 15.9. The first-order valence-electron chi connectivity index (χ1n) is 10.1. The molecule has 2 N–H and O–H groups in total. The highest BCUT2D eigenvalue weighted by atomic mass is 16.5. The summed E-state index contributed by atoms with van der Waals surface area (Å²) in [6.45, 7) is 1.49. The largest absolute Gasteiger partial charge is 0.502 e. The summed E-state index contributed by atoms with van der Waals surface area (Å²) in [5, 5.41) is 13.2. The maximum Gasteiger partial charge on any atom is 0.238 e. The number of phenolic OH excluding ortho intramolecular Hbond substituents is 1. The van der Waals surface area contributed by atoms with E-state index in [0.717, 1.165) is 5.56 Å². The SMILES string of the molecule is COc1cc(CN2Cc3ccccc3CC2C(=O)NCc2ccco2)cc(OC)c1O. The number of ether oxygens (including phenoxy) is 2. The molecule has 1 aliphatic rings. The minimum Gasteiger partial charge on any atom is -0.502 e. The van der Waals surface area contributed by atoms with Crippen molar-refractivity contribution < 1.29 is 23.8 Å². The van der Waals surface area contributed by atoms with Crippen LogP contribution in [0.5, 0.6) is 17.2 Å². The van der Waals surface area contributed by atoms with Crippen LogP contribution in [-0.4, -0.2) is 36.2 Å². The van der Waals surface area contributed by atoms with Crippen LogP contribution in [0.25, 0.3) is 0 Å². The van der Waals surface area contributed by atoms with E-state index in [1.54, 1.807) is 24.5 Å². The van der Waals surface area contributed by atoms with E-state index < -0.39 is 0 Å². The van der Waals surface area contributed by atoms with Gasteiger partial charge < -0.3 is 24.3 Å². The number of amides is 1. The molecule has 7 nitrogen and oxygen atoms in total. The molecule has 1 aliphatic heterocycles. The van der Waals surface area contributed by atoms with Gasteiger partial charge in [0.15, 0.2) is 11.5 Å². The Morgan fingerprint density at radius 1 is 1.13 bits per heavy atom. The highest BCUT2D eigenvalue weighted by Gasteiger charge is 2.31. The van der Waals surface area contributed by atoms with Crippen LogP contribution in [0.3, 0.4) is 0 Å². The number of benzene rings is 2. The molecule has 3 aromatic rings. The Bertz CT molecular complexity index is 1020. The smallest absolute Gasteiger partial charge is 0.238 e. The van der Waals surface area contributed by atoms with Crippen molar-refractivity contribution in [1.29, 1.82) is 0 Å². The van der Waals surface area contributed by atoms with Crippen LogP contribution >= 0.6 is 0 Å². The van der Waals surface area contributed by atoms with E-state index in [1.807, 2.05) is 18.2 Å². The Morgan fingerprint density at radius 2 is 1.84 bits per heavy atom. The molecule has 1 unspecified atom stereocenters. The summed E-state index contributed by atoms with van der Waals surface area (Å²) in [6.07, 6.45) is 2.21. The zero-order valence-corrected chi connectivity index (χ0v) is 17.6. The van der Waals surface area contributed by atoms with Gasteiger partial charge in [0.25, 0.3) is 0 Å². The number of carbonyl (C=O) groups is 1. The molecule has 2 heterocycles. The standard InChI is InChI=1S/C24H26N2O5/c1-29-21-10-16(11-22(30-2)23(21)27)14-26-15-18-7-4-3-6-17(18)12-20(26)24(28)25-13-19-8-5-9-31-19/h3-11,20,27H,12-15H2,1-2H3,(H,25,28). The second-order valence-electron chi connectivity index (χ2n) is 7.54. The van der Waals surface area contributed by atoms with E-state index in [4.69, 9.17) is 13.9 Å². The predicted octanol–water partition coefficient (Wildman–Crippen LogP) is 3.25. The molecular weight excluding hydrogens is 396 g/mol. The number of nitrogens with zero attached hydrogens (tertiary/aromatic N) is 1. The fourth-order valence-corrected chi connectivity index (χ4v) is 3.98. The van der Waals surface area contributed by atoms with Crippen LogP contribution in [0.1, 0.15) is 22.5 Å². The molecule has 4 rings (SSSR count). The zero-order valence-electron chi connectivity index (χ0n) is 17.6. The molecule has 0 saturated carbocycles.